The second-order valence-electron chi connectivity index (χ2n) is 9.34. The molecular weight excluding hydrogens is 417 g/mol. The molecule has 1 saturated heterocycles. The van der Waals surface area contributed by atoms with Crippen LogP contribution in [0.1, 0.15) is 52.9 Å². The molecule has 2 fully saturated rings. The van der Waals surface area contributed by atoms with Crippen molar-refractivity contribution in [1.29, 1.82) is 0 Å². The third kappa shape index (κ3) is 5.69. The number of halogens is 1. The summed E-state index contributed by atoms with van der Waals surface area (Å²) in [5.74, 6) is -0.272. The molecule has 1 spiro atoms. The molecule has 1 aliphatic carbocycles. The molecule has 1 aliphatic heterocycles. The Balaban J connectivity index is 1.56. The van der Waals surface area contributed by atoms with Crippen molar-refractivity contribution in [3.8, 4) is 5.75 Å². The van der Waals surface area contributed by atoms with Gasteiger partial charge in [-0.2, -0.15) is 0 Å². The van der Waals surface area contributed by atoms with Crippen LogP contribution >= 0.6 is 0 Å². The summed E-state index contributed by atoms with van der Waals surface area (Å²) in [7, 11) is 0. The Labute approximate surface area is 187 Å². The van der Waals surface area contributed by atoms with Crippen molar-refractivity contribution in [3.05, 3.63) is 30.1 Å². The van der Waals surface area contributed by atoms with Crippen LogP contribution in [0, 0.1) is 11.7 Å². The molecule has 3 rings (SSSR count). The third-order valence-corrected chi connectivity index (χ3v) is 5.77. The molecule has 8 nitrogen and oxygen atoms in total. The third-order valence-electron chi connectivity index (χ3n) is 5.77. The van der Waals surface area contributed by atoms with Gasteiger partial charge in [-0.05, 0) is 64.3 Å². The van der Waals surface area contributed by atoms with E-state index < -0.39 is 23.3 Å². The maximum absolute atomic E-state index is 13.3. The SMILES string of the molecule is CC(C)(C)OC(=O)NC[C@@H]1CCCC[C@]12NC(=O)N(CCCOc1ccc(F)cc1)C2=O. The molecule has 0 unspecified atom stereocenters. The molecule has 2 N–H and O–H groups in total. The maximum atomic E-state index is 13.3. The predicted octanol–water partition coefficient (Wildman–Crippen LogP) is 3.60. The van der Waals surface area contributed by atoms with Crippen LogP contribution in [-0.4, -0.2) is 53.8 Å². The van der Waals surface area contributed by atoms with Gasteiger partial charge in [-0.25, -0.2) is 14.0 Å². The van der Waals surface area contributed by atoms with Crippen LogP contribution in [0.25, 0.3) is 0 Å². The normalized spacial score (nSPS) is 23.2. The van der Waals surface area contributed by atoms with E-state index in [4.69, 9.17) is 9.47 Å². The Morgan fingerprint density at radius 2 is 1.97 bits per heavy atom. The number of nitrogens with zero attached hydrogens (tertiary/aromatic N) is 1. The molecule has 0 radical (unpaired) electrons. The summed E-state index contributed by atoms with van der Waals surface area (Å²) in [6.45, 7) is 6.12. The minimum Gasteiger partial charge on any atom is -0.494 e. The van der Waals surface area contributed by atoms with Gasteiger partial charge in [-0.15, -0.1) is 0 Å². The van der Waals surface area contributed by atoms with Gasteiger partial charge in [0.25, 0.3) is 5.91 Å². The Kier molecular flexibility index (Phi) is 7.26. The predicted molar refractivity (Wildman–Crippen MR) is 116 cm³/mol. The van der Waals surface area contributed by atoms with Gasteiger partial charge in [0.2, 0.25) is 0 Å². The molecule has 0 aromatic heterocycles. The topological polar surface area (TPSA) is 97.0 Å². The molecule has 1 aromatic carbocycles. The minimum absolute atomic E-state index is 0.208. The number of amides is 4. The second-order valence-corrected chi connectivity index (χ2v) is 9.34. The van der Waals surface area contributed by atoms with Gasteiger partial charge >= 0.3 is 12.1 Å². The molecule has 176 valence electrons. The average Bonchev–Trinajstić information content (AvgIpc) is 2.95. The van der Waals surface area contributed by atoms with E-state index in [1.54, 1.807) is 20.8 Å². The van der Waals surface area contributed by atoms with Crippen molar-refractivity contribution < 1.29 is 28.2 Å². The highest BCUT2D eigenvalue weighted by Gasteiger charge is 2.56. The largest absolute Gasteiger partial charge is 0.494 e. The fourth-order valence-corrected chi connectivity index (χ4v) is 4.28. The fraction of sp³-hybridized carbons (Fsp3) is 0.609. The summed E-state index contributed by atoms with van der Waals surface area (Å²) in [6.07, 6.45) is 2.94. The van der Waals surface area contributed by atoms with Crippen LogP contribution in [0.15, 0.2) is 24.3 Å². The van der Waals surface area contributed by atoms with Crippen LogP contribution in [0.2, 0.25) is 0 Å². The van der Waals surface area contributed by atoms with Gasteiger partial charge in [0, 0.05) is 19.0 Å². The number of hydrogen-bond donors (Lipinski definition) is 2. The van der Waals surface area contributed by atoms with Gasteiger partial charge in [0.1, 0.15) is 22.7 Å². The van der Waals surface area contributed by atoms with E-state index in [1.165, 1.54) is 29.2 Å². The zero-order chi connectivity index (χ0) is 23.4. The van der Waals surface area contributed by atoms with Gasteiger partial charge in [0.15, 0.2) is 0 Å². The van der Waals surface area contributed by atoms with Crippen molar-refractivity contribution in [2.75, 3.05) is 19.7 Å². The van der Waals surface area contributed by atoms with Crippen LogP contribution < -0.4 is 15.4 Å². The van der Waals surface area contributed by atoms with E-state index in [0.29, 0.717) is 25.2 Å². The van der Waals surface area contributed by atoms with E-state index in [2.05, 4.69) is 10.6 Å². The molecule has 2 atom stereocenters. The molecule has 2 aliphatic rings. The number of carbonyl (C=O) groups excluding carboxylic acids is 3. The number of alkyl carbamates (subject to hydrolysis) is 1. The van der Waals surface area contributed by atoms with Gasteiger partial charge in [0.05, 0.1) is 6.61 Å². The zero-order valence-corrected chi connectivity index (χ0v) is 18.9. The average molecular weight is 450 g/mol. The molecule has 4 amide bonds. The second kappa shape index (κ2) is 9.75. The lowest BCUT2D eigenvalue weighted by Crippen LogP contribution is -2.58. The number of imide groups is 1. The number of benzene rings is 1. The zero-order valence-electron chi connectivity index (χ0n) is 18.9. The van der Waals surface area contributed by atoms with Crippen LogP contribution in [0.4, 0.5) is 14.0 Å². The first kappa shape index (κ1) is 23.8. The van der Waals surface area contributed by atoms with Gasteiger partial charge in [-0.3, -0.25) is 9.69 Å². The van der Waals surface area contributed by atoms with E-state index in [0.717, 1.165) is 19.3 Å². The summed E-state index contributed by atoms with van der Waals surface area (Å²) in [6, 6.07) is 5.27. The number of carbonyl (C=O) groups is 3. The Morgan fingerprint density at radius 3 is 2.66 bits per heavy atom. The molecule has 1 heterocycles. The summed E-state index contributed by atoms with van der Waals surface area (Å²) in [4.78, 5) is 39.2. The molecular formula is C23H32FN3O5. The smallest absolute Gasteiger partial charge is 0.407 e. The lowest BCUT2D eigenvalue weighted by atomic mass is 9.72. The highest BCUT2D eigenvalue weighted by Crippen LogP contribution is 2.38. The van der Waals surface area contributed by atoms with Crippen molar-refractivity contribution in [1.82, 2.24) is 15.5 Å². The van der Waals surface area contributed by atoms with E-state index in [1.807, 2.05) is 0 Å². The Hall–Kier alpha value is -2.84. The van der Waals surface area contributed by atoms with Crippen LogP contribution in [0.5, 0.6) is 5.75 Å². The Morgan fingerprint density at radius 1 is 1.25 bits per heavy atom. The summed E-state index contributed by atoms with van der Waals surface area (Å²) in [5.41, 5.74) is -1.61. The quantitative estimate of drug-likeness (QED) is 0.490. The van der Waals surface area contributed by atoms with E-state index in [-0.39, 0.29) is 30.7 Å². The maximum Gasteiger partial charge on any atom is 0.407 e. The molecule has 0 bridgehead atoms. The van der Waals surface area contributed by atoms with Gasteiger partial charge < -0.3 is 20.1 Å². The first-order valence-corrected chi connectivity index (χ1v) is 11.1. The lowest BCUT2D eigenvalue weighted by Gasteiger charge is -2.39. The van der Waals surface area contributed by atoms with Crippen molar-refractivity contribution in [2.45, 2.75) is 64.0 Å². The monoisotopic (exact) mass is 449 g/mol. The van der Waals surface area contributed by atoms with Crippen LogP contribution in [0.3, 0.4) is 0 Å². The fourth-order valence-electron chi connectivity index (χ4n) is 4.28. The van der Waals surface area contributed by atoms with Crippen LogP contribution in [-0.2, 0) is 9.53 Å². The molecule has 1 saturated carbocycles. The highest BCUT2D eigenvalue weighted by atomic mass is 19.1. The Bertz CT molecular complexity index is 839. The molecule has 1 aromatic rings. The number of nitrogens with one attached hydrogen (secondary N) is 2. The number of urea groups is 1. The summed E-state index contributed by atoms with van der Waals surface area (Å²) < 4.78 is 23.8. The summed E-state index contributed by atoms with van der Waals surface area (Å²) >= 11 is 0. The van der Waals surface area contributed by atoms with E-state index >= 15 is 0 Å². The van der Waals surface area contributed by atoms with Crippen molar-refractivity contribution in [3.63, 3.8) is 0 Å². The van der Waals surface area contributed by atoms with Gasteiger partial charge in [-0.1, -0.05) is 12.8 Å². The highest BCUT2D eigenvalue weighted by molar-refractivity contribution is 6.07. The van der Waals surface area contributed by atoms with Crippen molar-refractivity contribution >= 4 is 18.0 Å². The standard InChI is InChI=1S/C23H32FN3O5/c1-22(2,3)32-21(30)25-15-16-7-4-5-12-23(16)19(28)27(20(29)26-23)13-6-14-31-18-10-8-17(24)9-11-18/h8-11,16H,4-7,12-15H2,1-3H3,(H,25,30)(H,26,29)/t16-,23-/m0/s1. The van der Waals surface area contributed by atoms with E-state index in [9.17, 15) is 18.8 Å². The minimum atomic E-state index is -0.998. The molecule has 9 heteroatoms. The first-order valence-electron chi connectivity index (χ1n) is 11.1. The number of rotatable bonds is 7. The summed E-state index contributed by atoms with van der Waals surface area (Å²) in [5, 5.41) is 5.67. The number of hydrogen-bond acceptors (Lipinski definition) is 5. The van der Waals surface area contributed by atoms with Crippen molar-refractivity contribution in [2.24, 2.45) is 5.92 Å². The first-order chi connectivity index (χ1) is 15.1. The lowest BCUT2D eigenvalue weighted by molar-refractivity contribution is -0.134. The number of ether oxygens (including phenoxy) is 2. The molecule has 32 heavy (non-hydrogen) atoms.